The smallest absolute Gasteiger partial charge is 0.246 e. The summed E-state index contributed by atoms with van der Waals surface area (Å²) in [5.41, 5.74) is 0. The van der Waals surface area contributed by atoms with Gasteiger partial charge in [-0.3, -0.25) is 4.79 Å². The molecule has 0 N–H and O–H groups in total. The van der Waals surface area contributed by atoms with Gasteiger partial charge in [0, 0.05) is 25.6 Å². The molecule has 0 aromatic carbocycles. The Labute approximate surface area is 108 Å². The first-order valence-corrected chi connectivity index (χ1v) is 6.71. The van der Waals surface area contributed by atoms with Crippen molar-refractivity contribution in [3.05, 3.63) is 24.3 Å². The Morgan fingerprint density at radius 1 is 1.11 bits per heavy atom. The lowest BCUT2D eigenvalue weighted by Gasteiger charge is -2.25. The second kappa shape index (κ2) is 7.34. The lowest BCUT2D eigenvalue weighted by atomic mass is 10.1. The maximum Gasteiger partial charge on any atom is 0.246 e. The monoisotopic (exact) mass is 251 g/mol. The summed E-state index contributed by atoms with van der Waals surface area (Å²) >= 11 is 0. The molecule has 0 aromatic heterocycles. The van der Waals surface area contributed by atoms with Gasteiger partial charge in [-0.05, 0) is 19.3 Å². The van der Waals surface area contributed by atoms with Crippen LogP contribution in [0.3, 0.4) is 0 Å². The molecule has 100 valence electrons. The summed E-state index contributed by atoms with van der Waals surface area (Å²) in [6.07, 6.45) is 11.4. The fourth-order valence-corrected chi connectivity index (χ4v) is 2.17. The number of amides is 1. The quantitative estimate of drug-likeness (QED) is 0.565. The van der Waals surface area contributed by atoms with Gasteiger partial charge in [-0.1, -0.05) is 18.2 Å². The van der Waals surface area contributed by atoms with E-state index in [4.69, 9.17) is 9.47 Å². The molecule has 2 heterocycles. The molecule has 4 nitrogen and oxygen atoms in total. The van der Waals surface area contributed by atoms with Crippen LogP contribution in [0.2, 0.25) is 0 Å². The number of carbonyl (C=O) groups excluding carboxylic acids is 1. The third-order valence-corrected chi connectivity index (χ3v) is 3.17. The molecule has 2 aliphatic rings. The molecule has 2 saturated heterocycles. The van der Waals surface area contributed by atoms with E-state index in [1.807, 2.05) is 17.1 Å². The number of carbonyl (C=O) groups is 1. The van der Waals surface area contributed by atoms with Gasteiger partial charge in [0.05, 0.1) is 13.2 Å². The highest BCUT2D eigenvalue weighted by Crippen LogP contribution is 2.09. The van der Waals surface area contributed by atoms with Crippen molar-refractivity contribution in [2.45, 2.75) is 32.0 Å². The number of piperidine rings is 1. The molecule has 0 saturated carbocycles. The highest BCUT2D eigenvalue weighted by atomic mass is 16.7. The highest BCUT2D eigenvalue weighted by Gasteiger charge is 2.14. The third kappa shape index (κ3) is 4.27. The van der Waals surface area contributed by atoms with E-state index in [2.05, 4.69) is 0 Å². The fourth-order valence-electron chi connectivity index (χ4n) is 2.17. The Bertz CT molecular complexity index is 313. The molecule has 1 amide bonds. The summed E-state index contributed by atoms with van der Waals surface area (Å²) in [6, 6.07) is 0. The molecule has 0 aromatic rings. The van der Waals surface area contributed by atoms with Crippen LogP contribution in [0.4, 0.5) is 0 Å². The summed E-state index contributed by atoms with van der Waals surface area (Å²) in [4.78, 5) is 13.7. The first-order valence-electron chi connectivity index (χ1n) is 6.71. The van der Waals surface area contributed by atoms with Crippen LogP contribution in [0.25, 0.3) is 0 Å². The molecule has 2 aliphatic heterocycles. The minimum absolute atomic E-state index is 0.104. The van der Waals surface area contributed by atoms with Crippen molar-refractivity contribution in [2.24, 2.45) is 0 Å². The van der Waals surface area contributed by atoms with Crippen LogP contribution < -0.4 is 0 Å². The Kier molecular flexibility index (Phi) is 5.42. The van der Waals surface area contributed by atoms with Gasteiger partial charge in [-0.25, -0.2) is 0 Å². The zero-order valence-corrected chi connectivity index (χ0v) is 10.7. The second-order valence-electron chi connectivity index (χ2n) is 4.58. The number of nitrogens with zero attached hydrogens (tertiary/aromatic N) is 1. The summed E-state index contributed by atoms with van der Waals surface area (Å²) in [5, 5.41) is 0. The van der Waals surface area contributed by atoms with Crippen LogP contribution in [-0.2, 0) is 14.3 Å². The summed E-state index contributed by atoms with van der Waals surface area (Å²) < 4.78 is 10.6. The Balaban J connectivity index is 1.66. The SMILES string of the molecule is O=C(/C=C/C=C/CC1OCCO1)N1CCCCC1. The largest absolute Gasteiger partial charge is 0.350 e. The van der Waals surface area contributed by atoms with E-state index in [1.165, 1.54) is 6.42 Å². The first-order chi connectivity index (χ1) is 8.86. The van der Waals surface area contributed by atoms with Crippen LogP contribution in [0.15, 0.2) is 24.3 Å². The van der Waals surface area contributed by atoms with Crippen molar-refractivity contribution in [2.75, 3.05) is 26.3 Å². The van der Waals surface area contributed by atoms with Gasteiger partial charge < -0.3 is 14.4 Å². The van der Waals surface area contributed by atoms with Gasteiger partial charge in [0.15, 0.2) is 6.29 Å². The predicted molar refractivity (Wildman–Crippen MR) is 69.0 cm³/mol. The molecular weight excluding hydrogens is 230 g/mol. The van der Waals surface area contributed by atoms with E-state index < -0.39 is 0 Å². The second-order valence-corrected chi connectivity index (χ2v) is 4.58. The minimum Gasteiger partial charge on any atom is -0.350 e. The Morgan fingerprint density at radius 3 is 2.56 bits per heavy atom. The van der Waals surface area contributed by atoms with E-state index >= 15 is 0 Å². The number of ether oxygens (including phenoxy) is 2. The van der Waals surface area contributed by atoms with Crippen molar-refractivity contribution in [1.29, 1.82) is 0 Å². The van der Waals surface area contributed by atoms with Crippen molar-refractivity contribution in [3.63, 3.8) is 0 Å². The molecular formula is C14H21NO3. The molecule has 0 bridgehead atoms. The fraction of sp³-hybridized carbons (Fsp3) is 0.643. The van der Waals surface area contributed by atoms with Gasteiger partial charge in [0.2, 0.25) is 5.91 Å². The van der Waals surface area contributed by atoms with Gasteiger partial charge in [-0.15, -0.1) is 0 Å². The lowest BCUT2D eigenvalue weighted by Crippen LogP contribution is -2.34. The van der Waals surface area contributed by atoms with Crippen molar-refractivity contribution in [3.8, 4) is 0 Å². The van der Waals surface area contributed by atoms with Crippen molar-refractivity contribution < 1.29 is 14.3 Å². The van der Waals surface area contributed by atoms with Gasteiger partial charge in [0.1, 0.15) is 0 Å². The number of rotatable bonds is 4. The average molecular weight is 251 g/mol. The number of likely N-dealkylation sites (tertiary alicyclic amines) is 1. The van der Waals surface area contributed by atoms with Crippen LogP contribution in [-0.4, -0.2) is 43.4 Å². The van der Waals surface area contributed by atoms with Crippen LogP contribution in [0.5, 0.6) is 0 Å². The minimum atomic E-state index is -0.104. The maximum absolute atomic E-state index is 11.8. The van der Waals surface area contributed by atoms with Crippen LogP contribution >= 0.6 is 0 Å². The first kappa shape index (κ1) is 13.3. The molecule has 18 heavy (non-hydrogen) atoms. The molecule has 0 unspecified atom stereocenters. The average Bonchev–Trinajstić information content (AvgIpc) is 2.92. The van der Waals surface area contributed by atoms with Crippen molar-refractivity contribution in [1.82, 2.24) is 4.90 Å². The zero-order chi connectivity index (χ0) is 12.6. The summed E-state index contributed by atoms with van der Waals surface area (Å²) in [6.45, 7) is 3.16. The molecule has 0 aliphatic carbocycles. The topological polar surface area (TPSA) is 38.8 Å². The molecule has 2 fully saturated rings. The van der Waals surface area contributed by atoms with E-state index in [0.717, 1.165) is 32.4 Å². The van der Waals surface area contributed by atoms with Crippen LogP contribution in [0.1, 0.15) is 25.7 Å². The van der Waals surface area contributed by atoms with E-state index in [1.54, 1.807) is 12.2 Å². The van der Waals surface area contributed by atoms with E-state index in [9.17, 15) is 4.79 Å². The van der Waals surface area contributed by atoms with Crippen LogP contribution in [0, 0.1) is 0 Å². The zero-order valence-electron chi connectivity index (χ0n) is 10.7. The predicted octanol–water partition coefficient (Wildman–Crippen LogP) is 1.87. The normalized spacial score (nSPS) is 22.3. The Hall–Kier alpha value is -1.13. The number of allylic oxidation sites excluding steroid dienone is 2. The number of hydrogen-bond donors (Lipinski definition) is 0. The standard InChI is InChI=1S/C14H21NO3/c16-13(15-9-5-2-6-10-15)7-3-1-4-8-14-17-11-12-18-14/h1,3-4,7,14H,2,5-6,8-12H2/b4-1+,7-3+. The Morgan fingerprint density at radius 2 is 1.83 bits per heavy atom. The summed E-state index contributed by atoms with van der Waals surface area (Å²) in [7, 11) is 0. The molecule has 4 heteroatoms. The lowest BCUT2D eigenvalue weighted by molar-refractivity contribution is -0.126. The molecule has 0 spiro atoms. The maximum atomic E-state index is 11.8. The van der Waals surface area contributed by atoms with Crippen molar-refractivity contribution >= 4 is 5.91 Å². The summed E-state index contributed by atoms with van der Waals surface area (Å²) in [5.74, 6) is 0.118. The van der Waals surface area contributed by atoms with Gasteiger partial charge >= 0.3 is 0 Å². The molecule has 0 radical (unpaired) electrons. The van der Waals surface area contributed by atoms with Gasteiger partial charge in [0.25, 0.3) is 0 Å². The number of hydrogen-bond acceptors (Lipinski definition) is 3. The van der Waals surface area contributed by atoms with E-state index in [0.29, 0.717) is 13.2 Å². The van der Waals surface area contributed by atoms with E-state index in [-0.39, 0.29) is 12.2 Å². The third-order valence-electron chi connectivity index (χ3n) is 3.17. The van der Waals surface area contributed by atoms with Gasteiger partial charge in [-0.2, -0.15) is 0 Å². The molecule has 2 rings (SSSR count). The molecule has 0 atom stereocenters. The highest BCUT2D eigenvalue weighted by molar-refractivity contribution is 5.87.